The molecule has 0 radical (unpaired) electrons. The van der Waals surface area contributed by atoms with Gasteiger partial charge in [-0.25, -0.2) is 0 Å². The normalized spacial score (nSPS) is 10.5. The maximum Gasteiger partial charge on any atom is 0.168 e. The molecule has 3 nitrogen and oxygen atoms in total. The molecule has 6 heteroatoms. The van der Waals surface area contributed by atoms with Crippen molar-refractivity contribution in [2.45, 2.75) is 13.2 Å². The Kier molecular flexibility index (Phi) is 5.76. The predicted octanol–water partition coefficient (Wildman–Crippen LogP) is 4.84. The minimum atomic E-state index is -0.165. The van der Waals surface area contributed by atoms with Crippen LogP contribution in [0.5, 0.6) is 11.5 Å². The molecule has 0 aliphatic heterocycles. The molecule has 0 amide bonds. The summed E-state index contributed by atoms with van der Waals surface area (Å²) in [5, 5.41) is 10.6. The average molecular weight is 392 g/mol. The van der Waals surface area contributed by atoms with Crippen LogP contribution in [0.1, 0.15) is 11.1 Å². The first-order valence-electron chi connectivity index (χ1n) is 6.09. The summed E-state index contributed by atoms with van der Waals surface area (Å²) >= 11 is 15.4. The Labute approximate surface area is 141 Å². The van der Waals surface area contributed by atoms with E-state index in [9.17, 15) is 5.11 Å². The Morgan fingerprint density at radius 3 is 2.57 bits per heavy atom. The Morgan fingerprint density at radius 2 is 1.95 bits per heavy atom. The van der Waals surface area contributed by atoms with Crippen molar-refractivity contribution in [3.05, 3.63) is 56.0 Å². The number of hydrogen-bond acceptors (Lipinski definition) is 3. The highest BCUT2D eigenvalue weighted by Crippen LogP contribution is 2.37. The van der Waals surface area contributed by atoms with Crippen LogP contribution in [0.4, 0.5) is 0 Å². The third kappa shape index (κ3) is 3.83. The first kappa shape index (κ1) is 16.4. The SMILES string of the molecule is COc1ccc(Br)c(CO)c1OCc1ccc(Cl)cc1Cl. The van der Waals surface area contributed by atoms with Gasteiger partial charge in [-0.3, -0.25) is 0 Å². The standard InChI is InChI=1S/C15H13BrCl2O3/c1-20-14-5-4-12(16)11(7-19)15(14)21-8-9-2-3-10(17)6-13(9)18/h2-6,19H,7-8H2,1H3. The second kappa shape index (κ2) is 7.36. The van der Waals surface area contributed by atoms with E-state index >= 15 is 0 Å². The molecule has 0 heterocycles. The molecule has 0 atom stereocenters. The topological polar surface area (TPSA) is 38.7 Å². The molecule has 0 bridgehead atoms. The van der Waals surface area contributed by atoms with Gasteiger partial charge >= 0.3 is 0 Å². The first-order chi connectivity index (χ1) is 10.1. The van der Waals surface area contributed by atoms with E-state index in [0.29, 0.717) is 27.1 Å². The van der Waals surface area contributed by atoms with Crippen LogP contribution in [-0.4, -0.2) is 12.2 Å². The number of aliphatic hydroxyl groups excluding tert-OH is 1. The van der Waals surface area contributed by atoms with E-state index in [4.69, 9.17) is 32.7 Å². The molecule has 2 aromatic carbocycles. The second-order valence-electron chi connectivity index (χ2n) is 4.24. The number of ether oxygens (including phenoxy) is 2. The first-order valence-corrected chi connectivity index (χ1v) is 7.64. The average Bonchev–Trinajstić information content (AvgIpc) is 2.46. The lowest BCUT2D eigenvalue weighted by Crippen LogP contribution is -2.02. The summed E-state index contributed by atoms with van der Waals surface area (Å²) in [5.74, 6) is 1.03. The monoisotopic (exact) mass is 390 g/mol. The van der Waals surface area contributed by atoms with Crippen LogP contribution in [0.15, 0.2) is 34.8 Å². The van der Waals surface area contributed by atoms with Crippen molar-refractivity contribution in [1.29, 1.82) is 0 Å². The van der Waals surface area contributed by atoms with Crippen molar-refractivity contribution in [2.75, 3.05) is 7.11 Å². The number of methoxy groups -OCH3 is 1. The fraction of sp³-hybridized carbons (Fsp3) is 0.200. The second-order valence-corrected chi connectivity index (χ2v) is 5.94. The van der Waals surface area contributed by atoms with E-state index in [1.165, 1.54) is 0 Å². The zero-order valence-corrected chi connectivity index (χ0v) is 14.3. The Hall–Kier alpha value is -0.940. The van der Waals surface area contributed by atoms with Gasteiger partial charge in [0.05, 0.1) is 13.7 Å². The van der Waals surface area contributed by atoms with Crippen LogP contribution in [0.25, 0.3) is 0 Å². The Bertz CT molecular complexity index is 647. The largest absolute Gasteiger partial charge is 0.493 e. The molecule has 0 saturated carbocycles. The van der Waals surface area contributed by atoms with Crippen LogP contribution >= 0.6 is 39.1 Å². The molecule has 21 heavy (non-hydrogen) atoms. The van der Waals surface area contributed by atoms with Crippen molar-refractivity contribution in [1.82, 2.24) is 0 Å². The predicted molar refractivity (Wildman–Crippen MR) is 87.4 cm³/mol. The lowest BCUT2D eigenvalue weighted by atomic mass is 10.2. The minimum absolute atomic E-state index is 0.165. The number of aliphatic hydroxyl groups is 1. The highest BCUT2D eigenvalue weighted by atomic mass is 79.9. The van der Waals surface area contributed by atoms with Gasteiger partial charge in [0.25, 0.3) is 0 Å². The van der Waals surface area contributed by atoms with Crippen molar-refractivity contribution in [3.63, 3.8) is 0 Å². The number of hydrogen-bond donors (Lipinski definition) is 1. The minimum Gasteiger partial charge on any atom is -0.493 e. The Balaban J connectivity index is 2.28. The summed E-state index contributed by atoms with van der Waals surface area (Å²) < 4.78 is 11.8. The van der Waals surface area contributed by atoms with E-state index < -0.39 is 0 Å². The van der Waals surface area contributed by atoms with Crippen molar-refractivity contribution < 1.29 is 14.6 Å². The molecule has 0 unspecified atom stereocenters. The van der Waals surface area contributed by atoms with Gasteiger partial charge in [-0.15, -0.1) is 0 Å². The van der Waals surface area contributed by atoms with Crippen molar-refractivity contribution >= 4 is 39.1 Å². The highest BCUT2D eigenvalue weighted by molar-refractivity contribution is 9.10. The fourth-order valence-corrected chi connectivity index (χ4v) is 2.74. The van der Waals surface area contributed by atoms with E-state index in [1.54, 1.807) is 37.4 Å². The molecular formula is C15H13BrCl2O3. The molecule has 0 aromatic heterocycles. The van der Waals surface area contributed by atoms with Gasteiger partial charge in [-0.1, -0.05) is 45.2 Å². The van der Waals surface area contributed by atoms with Gasteiger partial charge in [-0.2, -0.15) is 0 Å². The van der Waals surface area contributed by atoms with Gasteiger partial charge in [0.1, 0.15) is 6.61 Å². The quantitative estimate of drug-likeness (QED) is 0.792. The third-order valence-electron chi connectivity index (χ3n) is 2.93. The van der Waals surface area contributed by atoms with Crippen molar-refractivity contribution in [3.8, 4) is 11.5 Å². The molecule has 0 aliphatic rings. The highest BCUT2D eigenvalue weighted by Gasteiger charge is 2.14. The number of rotatable bonds is 5. The number of halogens is 3. The number of benzene rings is 2. The van der Waals surface area contributed by atoms with E-state index in [2.05, 4.69) is 15.9 Å². The smallest absolute Gasteiger partial charge is 0.168 e. The molecule has 0 fully saturated rings. The van der Waals surface area contributed by atoms with Gasteiger partial charge in [0, 0.05) is 25.6 Å². The lowest BCUT2D eigenvalue weighted by Gasteiger charge is -2.16. The van der Waals surface area contributed by atoms with Gasteiger partial charge in [0.15, 0.2) is 11.5 Å². The van der Waals surface area contributed by atoms with Gasteiger partial charge in [0.2, 0.25) is 0 Å². The molecule has 0 saturated heterocycles. The summed E-state index contributed by atoms with van der Waals surface area (Å²) in [6.07, 6.45) is 0. The molecule has 0 spiro atoms. The summed E-state index contributed by atoms with van der Waals surface area (Å²) in [5.41, 5.74) is 1.42. The van der Waals surface area contributed by atoms with Crippen molar-refractivity contribution in [2.24, 2.45) is 0 Å². The summed E-state index contributed by atoms with van der Waals surface area (Å²) in [4.78, 5) is 0. The van der Waals surface area contributed by atoms with E-state index in [-0.39, 0.29) is 13.2 Å². The maximum absolute atomic E-state index is 9.50. The molecule has 2 rings (SSSR count). The van der Waals surface area contributed by atoms with Crippen LogP contribution < -0.4 is 9.47 Å². The van der Waals surface area contributed by atoms with Gasteiger partial charge in [-0.05, 0) is 24.3 Å². The maximum atomic E-state index is 9.50. The summed E-state index contributed by atoms with van der Waals surface area (Å²) in [6.45, 7) is 0.0806. The lowest BCUT2D eigenvalue weighted by molar-refractivity contribution is 0.249. The zero-order valence-electron chi connectivity index (χ0n) is 11.2. The third-order valence-corrected chi connectivity index (χ3v) is 4.26. The van der Waals surface area contributed by atoms with E-state index in [0.717, 1.165) is 10.0 Å². The molecule has 112 valence electrons. The summed E-state index contributed by atoms with van der Waals surface area (Å²) in [6, 6.07) is 8.77. The fourth-order valence-electron chi connectivity index (χ4n) is 1.84. The molecule has 1 N–H and O–H groups in total. The van der Waals surface area contributed by atoms with Crippen LogP contribution in [0.3, 0.4) is 0 Å². The summed E-state index contributed by atoms with van der Waals surface area (Å²) in [7, 11) is 1.55. The van der Waals surface area contributed by atoms with Gasteiger partial charge < -0.3 is 14.6 Å². The zero-order chi connectivity index (χ0) is 15.4. The van der Waals surface area contributed by atoms with Crippen LogP contribution in [0, 0.1) is 0 Å². The van der Waals surface area contributed by atoms with E-state index in [1.807, 2.05) is 0 Å². The molecule has 0 aliphatic carbocycles. The van der Waals surface area contributed by atoms with Crippen LogP contribution in [0.2, 0.25) is 10.0 Å². The van der Waals surface area contributed by atoms with Crippen LogP contribution in [-0.2, 0) is 13.2 Å². The Morgan fingerprint density at radius 1 is 1.19 bits per heavy atom. The molecular weight excluding hydrogens is 379 g/mol. The molecule has 2 aromatic rings.